The van der Waals surface area contributed by atoms with E-state index in [9.17, 15) is 26.4 Å². The van der Waals surface area contributed by atoms with Gasteiger partial charge in [0.15, 0.2) is 5.71 Å². The van der Waals surface area contributed by atoms with E-state index in [1.165, 1.54) is 26.0 Å². The Labute approximate surface area is 148 Å². The van der Waals surface area contributed by atoms with Crippen molar-refractivity contribution >= 4 is 21.8 Å². The van der Waals surface area contributed by atoms with Crippen molar-refractivity contribution in [3.05, 3.63) is 29.8 Å². The van der Waals surface area contributed by atoms with Gasteiger partial charge in [-0.05, 0) is 30.7 Å². The van der Waals surface area contributed by atoms with Gasteiger partial charge in [0.25, 0.3) is 0 Å². The van der Waals surface area contributed by atoms with E-state index >= 15 is 0 Å². The van der Waals surface area contributed by atoms with Gasteiger partial charge >= 0.3 is 22.3 Å². The molecular weight excluding hydrogens is 379 g/mol. The summed E-state index contributed by atoms with van der Waals surface area (Å²) in [6, 6.07) is 4.60. The van der Waals surface area contributed by atoms with Crippen LogP contribution in [0, 0.1) is 0 Å². The van der Waals surface area contributed by atoms with Gasteiger partial charge in [-0.15, -0.1) is 0 Å². The number of carbonyl (C=O) groups excluding carboxylic acids is 1. The van der Waals surface area contributed by atoms with Gasteiger partial charge in [0.2, 0.25) is 0 Å². The zero-order valence-electron chi connectivity index (χ0n) is 14.1. The first kappa shape index (κ1) is 21.7. The van der Waals surface area contributed by atoms with Crippen LogP contribution in [-0.4, -0.2) is 45.2 Å². The predicted octanol–water partition coefficient (Wildman–Crippen LogP) is 2.65. The molecule has 1 aromatic rings. The minimum atomic E-state index is -4.92. The van der Waals surface area contributed by atoms with Gasteiger partial charge in [-0.3, -0.25) is 9.08 Å². The molecule has 146 valence electrons. The van der Waals surface area contributed by atoms with Crippen LogP contribution in [0.5, 0.6) is 5.75 Å². The van der Waals surface area contributed by atoms with Crippen molar-refractivity contribution in [2.24, 2.45) is 5.16 Å². The SMILES string of the molecule is CCCS(=O)(=O)O/N=C(/c1ccc(OCCOC(C)=O)cc1)C(F)(F)F. The lowest BCUT2D eigenvalue weighted by molar-refractivity contribution is -0.141. The van der Waals surface area contributed by atoms with E-state index in [0.717, 1.165) is 12.1 Å². The highest BCUT2D eigenvalue weighted by Crippen LogP contribution is 2.24. The van der Waals surface area contributed by atoms with Crippen molar-refractivity contribution in [2.45, 2.75) is 26.4 Å². The van der Waals surface area contributed by atoms with E-state index in [2.05, 4.69) is 14.2 Å². The maximum atomic E-state index is 13.1. The van der Waals surface area contributed by atoms with Gasteiger partial charge in [-0.25, -0.2) is 0 Å². The number of rotatable bonds is 9. The van der Waals surface area contributed by atoms with Crippen LogP contribution in [-0.2, 0) is 23.9 Å². The van der Waals surface area contributed by atoms with Gasteiger partial charge in [0, 0.05) is 12.5 Å². The Kier molecular flexibility index (Phi) is 7.87. The van der Waals surface area contributed by atoms with Crippen LogP contribution in [0.4, 0.5) is 13.2 Å². The molecule has 7 nitrogen and oxygen atoms in total. The van der Waals surface area contributed by atoms with Crippen molar-refractivity contribution < 1.29 is 40.1 Å². The summed E-state index contributed by atoms with van der Waals surface area (Å²) in [6.07, 6.45) is -4.74. The quantitative estimate of drug-likeness (QED) is 0.275. The molecule has 0 spiro atoms. The van der Waals surface area contributed by atoms with Crippen LogP contribution in [0.3, 0.4) is 0 Å². The molecule has 0 bridgehead atoms. The molecule has 26 heavy (non-hydrogen) atoms. The van der Waals surface area contributed by atoms with Crippen LogP contribution < -0.4 is 4.74 Å². The average Bonchev–Trinajstić information content (AvgIpc) is 2.51. The largest absolute Gasteiger partial charge is 0.490 e. The first-order chi connectivity index (χ1) is 12.0. The molecule has 0 aliphatic heterocycles. The lowest BCUT2D eigenvalue weighted by Crippen LogP contribution is -2.25. The van der Waals surface area contributed by atoms with Gasteiger partial charge in [-0.2, -0.15) is 21.6 Å². The Hall–Kier alpha value is -2.30. The Morgan fingerprint density at radius 1 is 1.15 bits per heavy atom. The summed E-state index contributed by atoms with van der Waals surface area (Å²) in [5.41, 5.74) is -1.87. The zero-order valence-corrected chi connectivity index (χ0v) is 14.9. The van der Waals surface area contributed by atoms with Crippen LogP contribution in [0.15, 0.2) is 29.4 Å². The minimum Gasteiger partial charge on any atom is -0.490 e. The lowest BCUT2D eigenvalue weighted by atomic mass is 10.1. The normalized spacial score (nSPS) is 12.6. The first-order valence-corrected chi connectivity index (χ1v) is 9.06. The molecule has 0 amide bonds. The molecule has 11 heteroatoms. The molecule has 0 saturated heterocycles. The van der Waals surface area contributed by atoms with Crippen LogP contribution in [0.2, 0.25) is 0 Å². The molecule has 0 saturated carbocycles. The number of alkyl halides is 3. The van der Waals surface area contributed by atoms with Gasteiger partial charge < -0.3 is 9.47 Å². The number of benzene rings is 1. The molecule has 0 aromatic heterocycles. The summed E-state index contributed by atoms with van der Waals surface area (Å²) in [5.74, 6) is -0.688. The van der Waals surface area contributed by atoms with E-state index in [1.807, 2.05) is 0 Å². The third kappa shape index (κ3) is 7.72. The number of esters is 1. The fourth-order valence-corrected chi connectivity index (χ4v) is 2.47. The zero-order chi connectivity index (χ0) is 19.8. The number of carbonyl (C=O) groups is 1. The molecule has 0 aliphatic rings. The fourth-order valence-electron chi connectivity index (χ4n) is 1.70. The highest BCUT2D eigenvalue weighted by molar-refractivity contribution is 7.86. The summed E-state index contributed by atoms with van der Waals surface area (Å²) in [5, 5.41) is 2.79. The van der Waals surface area contributed by atoms with E-state index in [0.29, 0.717) is 0 Å². The van der Waals surface area contributed by atoms with Crippen LogP contribution >= 0.6 is 0 Å². The smallest absolute Gasteiger partial charge is 0.437 e. The fraction of sp³-hybridized carbons (Fsp3) is 0.467. The van der Waals surface area contributed by atoms with E-state index < -0.39 is 39.3 Å². The van der Waals surface area contributed by atoms with E-state index in [4.69, 9.17) is 4.74 Å². The Morgan fingerprint density at radius 2 is 1.77 bits per heavy atom. The monoisotopic (exact) mass is 397 g/mol. The molecule has 0 radical (unpaired) electrons. The van der Waals surface area contributed by atoms with Gasteiger partial charge in [0.05, 0.1) is 5.75 Å². The predicted molar refractivity (Wildman–Crippen MR) is 86.3 cm³/mol. The summed E-state index contributed by atoms with van der Waals surface area (Å²) < 4.78 is 76.0. The Bertz CT molecular complexity index is 729. The third-order valence-corrected chi connectivity index (χ3v) is 3.96. The summed E-state index contributed by atoms with van der Waals surface area (Å²) in [4.78, 5) is 10.6. The highest BCUT2D eigenvalue weighted by atomic mass is 32.2. The second-order valence-corrected chi connectivity index (χ2v) is 6.66. The lowest BCUT2D eigenvalue weighted by Gasteiger charge is -2.11. The van der Waals surface area contributed by atoms with Crippen LogP contribution in [0.1, 0.15) is 25.8 Å². The maximum Gasteiger partial charge on any atom is 0.437 e. The average molecular weight is 397 g/mol. The third-order valence-electron chi connectivity index (χ3n) is 2.75. The second kappa shape index (κ2) is 9.41. The number of halogens is 3. The first-order valence-electron chi connectivity index (χ1n) is 7.48. The van der Waals surface area contributed by atoms with Crippen molar-refractivity contribution in [2.75, 3.05) is 19.0 Å². The van der Waals surface area contributed by atoms with Crippen molar-refractivity contribution in [1.29, 1.82) is 0 Å². The summed E-state index contributed by atoms with van der Waals surface area (Å²) in [6.45, 7) is 2.79. The Balaban J connectivity index is 2.87. The standard InChI is InChI=1S/C15H18F3NO6S/c1-3-10-26(21,22)25-19-14(15(16,17)18)12-4-6-13(7-5-12)24-9-8-23-11(2)20/h4-7H,3,8-10H2,1-2H3/b19-14-. The molecule has 0 N–H and O–H groups in total. The molecule has 0 atom stereocenters. The van der Waals surface area contributed by atoms with Crippen molar-refractivity contribution in [3.63, 3.8) is 0 Å². The molecule has 1 rings (SSSR count). The number of hydrogen-bond donors (Lipinski definition) is 0. The number of hydrogen-bond acceptors (Lipinski definition) is 7. The van der Waals surface area contributed by atoms with Gasteiger partial charge in [-0.1, -0.05) is 12.1 Å². The topological polar surface area (TPSA) is 91.3 Å². The van der Waals surface area contributed by atoms with Crippen LogP contribution in [0.25, 0.3) is 0 Å². The van der Waals surface area contributed by atoms with Gasteiger partial charge in [0.1, 0.15) is 19.0 Å². The minimum absolute atomic E-state index is 0.00449. The van der Waals surface area contributed by atoms with Crippen molar-refractivity contribution in [1.82, 2.24) is 0 Å². The highest BCUT2D eigenvalue weighted by Gasteiger charge is 2.38. The number of ether oxygens (including phenoxy) is 2. The molecular formula is C15H18F3NO6S. The number of oxime groups is 1. The molecule has 0 unspecified atom stereocenters. The van der Waals surface area contributed by atoms with E-state index in [-0.39, 0.29) is 25.4 Å². The molecule has 0 fully saturated rings. The molecule has 0 aliphatic carbocycles. The molecule has 0 heterocycles. The summed E-state index contributed by atoms with van der Waals surface area (Å²) in [7, 11) is -4.18. The van der Waals surface area contributed by atoms with Crippen molar-refractivity contribution in [3.8, 4) is 5.75 Å². The Morgan fingerprint density at radius 3 is 2.27 bits per heavy atom. The maximum absolute atomic E-state index is 13.1. The second-order valence-electron chi connectivity index (χ2n) is 4.99. The summed E-state index contributed by atoms with van der Waals surface area (Å²) >= 11 is 0. The van der Waals surface area contributed by atoms with E-state index in [1.54, 1.807) is 0 Å². The molecule has 1 aromatic carbocycles. The number of nitrogens with zero attached hydrogens (tertiary/aromatic N) is 1.